The molecular weight excluding hydrogens is 238 g/mol. The summed E-state index contributed by atoms with van der Waals surface area (Å²) >= 11 is 0. The van der Waals surface area contributed by atoms with Crippen molar-refractivity contribution < 1.29 is 9.47 Å². The maximum absolute atomic E-state index is 6.23. The summed E-state index contributed by atoms with van der Waals surface area (Å²) in [7, 11) is 2.02. The fraction of sp³-hybridized carbons (Fsp3) is 0.625. The molecule has 0 bridgehead atoms. The topological polar surface area (TPSA) is 30.5 Å². The smallest absolute Gasteiger partial charge is 0.165 e. The Morgan fingerprint density at radius 1 is 1.32 bits per heavy atom. The minimum Gasteiger partial charge on any atom is -0.485 e. The predicted octanol–water partition coefficient (Wildman–Crippen LogP) is 2.92. The first-order valence-corrected chi connectivity index (χ1v) is 7.24. The minimum absolute atomic E-state index is 0.111. The van der Waals surface area contributed by atoms with Gasteiger partial charge in [0.05, 0.1) is 0 Å². The Morgan fingerprint density at radius 2 is 2.16 bits per heavy atom. The van der Waals surface area contributed by atoms with Crippen molar-refractivity contribution in [1.82, 2.24) is 5.32 Å². The quantitative estimate of drug-likeness (QED) is 0.907. The largest absolute Gasteiger partial charge is 0.485 e. The second-order valence-corrected chi connectivity index (χ2v) is 6.27. The molecule has 19 heavy (non-hydrogen) atoms. The second-order valence-electron chi connectivity index (χ2n) is 6.27. The highest BCUT2D eigenvalue weighted by Crippen LogP contribution is 2.42. The molecule has 1 aliphatic heterocycles. The Hall–Kier alpha value is -1.22. The molecule has 0 aromatic heterocycles. The Kier molecular flexibility index (Phi) is 3.17. The zero-order chi connectivity index (χ0) is 13.5. The van der Waals surface area contributed by atoms with Gasteiger partial charge < -0.3 is 14.8 Å². The summed E-state index contributed by atoms with van der Waals surface area (Å²) in [6, 6.07) is 6.71. The van der Waals surface area contributed by atoms with Crippen molar-refractivity contribution in [2.24, 2.45) is 0 Å². The van der Waals surface area contributed by atoms with Gasteiger partial charge in [-0.1, -0.05) is 12.1 Å². The van der Waals surface area contributed by atoms with Crippen molar-refractivity contribution in [1.29, 1.82) is 0 Å². The molecule has 1 fully saturated rings. The molecule has 104 valence electrons. The van der Waals surface area contributed by atoms with Gasteiger partial charge in [-0.15, -0.1) is 0 Å². The van der Waals surface area contributed by atoms with Crippen LogP contribution in [-0.4, -0.2) is 24.8 Å². The van der Waals surface area contributed by atoms with Gasteiger partial charge in [-0.05, 0) is 46.2 Å². The van der Waals surface area contributed by atoms with E-state index in [4.69, 9.17) is 9.47 Å². The molecule has 1 heterocycles. The lowest BCUT2D eigenvalue weighted by atomic mass is 10.0. The number of ether oxygens (including phenoxy) is 2. The Balaban J connectivity index is 1.82. The highest BCUT2D eigenvalue weighted by molar-refractivity contribution is 5.50. The zero-order valence-corrected chi connectivity index (χ0v) is 12.0. The number of fused-ring (bicyclic) bond motifs is 1. The highest BCUT2D eigenvalue weighted by atomic mass is 16.5. The van der Waals surface area contributed by atoms with Crippen LogP contribution in [0.25, 0.3) is 0 Å². The number of nitrogens with one attached hydrogen (secondary N) is 1. The van der Waals surface area contributed by atoms with Gasteiger partial charge in [-0.25, -0.2) is 0 Å². The lowest BCUT2D eigenvalue weighted by Crippen LogP contribution is -2.36. The van der Waals surface area contributed by atoms with E-state index in [1.807, 2.05) is 13.1 Å². The van der Waals surface area contributed by atoms with E-state index in [1.54, 1.807) is 0 Å². The normalized spacial score (nSPS) is 27.9. The first kappa shape index (κ1) is 12.8. The molecule has 3 nitrogen and oxygen atoms in total. The first-order valence-electron chi connectivity index (χ1n) is 7.24. The lowest BCUT2D eigenvalue weighted by molar-refractivity contribution is 0.121. The molecule has 0 amide bonds. The molecule has 2 unspecified atom stereocenters. The van der Waals surface area contributed by atoms with E-state index in [2.05, 4.69) is 31.3 Å². The summed E-state index contributed by atoms with van der Waals surface area (Å²) in [5.41, 5.74) is 1.15. The number of para-hydroxylation sites is 1. The van der Waals surface area contributed by atoms with Crippen LogP contribution in [-0.2, 0) is 6.42 Å². The molecule has 0 saturated heterocycles. The van der Waals surface area contributed by atoms with Crippen LogP contribution in [0, 0.1) is 0 Å². The van der Waals surface area contributed by atoms with Gasteiger partial charge in [-0.2, -0.15) is 0 Å². The first-order chi connectivity index (χ1) is 9.09. The molecule has 1 saturated carbocycles. The Morgan fingerprint density at radius 3 is 2.95 bits per heavy atom. The Labute approximate surface area is 115 Å². The zero-order valence-electron chi connectivity index (χ0n) is 12.0. The van der Waals surface area contributed by atoms with E-state index < -0.39 is 0 Å². The third-order valence-electron chi connectivity index (χ3n) is 4.16. The van der Waals surface area contributed by atoms with Crippen LogP contribution in [0.4, 0.5) is 0 Å². The lowest BCUT2D eigenvalue weighted by Gasteiger charge is -2.23. The molecule has 1 aromatic carbocycles. The van der Waals surface area contributed by atoms with Gasteiger partial charge in [0.15, 0.2) is 11.5 Å². The van der Waals surface area contributed by atoms with E-state index in [0.717, 1.165) is 24.3 Å². The van der Waals surface area contributed by atoms with Crippen LogP contribution < -0.4 is 14.8 Å². The van der Waals surface area contributed by atoms with E-state index in [-0.39, 0.29) is 11.7 Å². The van der Waals surface area contributed by atoms with Crippen molar-refractivity contribution in [3.8, 4) is 11.5 Å². The van der Waals surface area contributed by atoms with Crippen molar-refractivity contribution in [3.05, 3.63) is 23.8 Å². The van der Waals surface area contributed by atoms with Crippen LogP contribution in [0.15, 0.2) is 18.2 Å². The van der Waals surface area contributed by atoms with Crippen LogP contribution in [0.2, 0.25) is 0 Å². The fourth-order valence-corrected chi connectivity index (χ4v) is 3.24. The number of benzene rings is 1. The summed E-state index contributed by atoms with van der Waals surface area (Å²) in [6.45, 7) is 4.26. The molecule has 0 radical (unpaired) electrons. The summed E-state index contributed by atoms with van der Waals surface area (Å²) in [4.78, 5) is 0. The SMILES string of the molecule is CNC1CCCC1Oc1cccc2c1OC(C)(C)C2. The van der Waals surface area contributed by atoms with Crippen LogP contribution in [0.5, 0.6) is 11.5 Å². The third kappa shape index (κ3) is 2.44. The van der Waals surface area contributed by atoms with E-state index in [1.165, 1.54) is 18.4 Å². The molecule has 3 rings (SSSR count). The second kappa shape index (κ2) is 4.71. The van der Waals surface area contributed by atoms with Gasteiger partial charge in [-0.3, -0.25) is 0 Å². The van der Waals surface area contributed by atoms with Crippen LogP contribution in [0.1, 0.15) is 38.7 Å². The number of hydrogen-bond acceptors (Lipinski definition) is 3. The van der Waals surface area contributed by atoms with Gasteiger partial charge in [0.2, 0.25) is 0 Å². The van der Waals surface area contributed by atoms with Crippen molar-refractivity contribution >= 4 is 0 Å². The monoisotopic (exact) mass is 261 g/mol. The predicted molar refractivity (Wildman–Crippen MR) is 76.0 cm³/mol. The number of likely N-dealkylation sites (N-methyl/N-ethyl adjacent to an activating group) is 1. The third-order valence-corrected chi connectivity index (χ3v) is 4.16. The van der Waals surface area contributed by atoms with E-state index in [0.29, 0.717) is 6.04 Å². The molecule has 2 aliphatic rings. The maximum Gasteiger partial charge on any atom is 0.165 e. The molecule has 2 atom stereocenters. The van der Waals surface area contributed by atoms with Gasteiger partial charge >= 0.3 is 0 Å². The Bertz CT molecular complexity index is 470. The van der Waals surface area contributed by atoms with Gasteiger partial charge in [0.25, 0.3) is 0 Å². The standard InChI is InChI=1S/C16H23NO2/c1-16(2)10-11-6-4-9-14(15(11)19-16)18-13-8-5-7-12(13)17-3/h4,6,9,12-13,17H,5,7-8,10H2,1-3H3. The average Bonchev–Trinajstić information content (AvgIpc) is 2.92. The summed E-state index contributed by atoms with van der Waals surface area (Å²) in [6.07, 6.45) is 4.78. The van der Waals surface area contributed by atoms with Crippen molar-refractivity contribution in [3.63, 3.8) is 0 Å². The van der Waals surface area contributed by atoms with Crippen molar-refractivity contribution in [2.45, 2.75) is 57.3 Å². The molecule has 1 aliphatic carbocycles. The van der Waals surface area contributed by atoms with Gasteiger partial charge in [0.1, 0.15) is 11.7 Å². The van der Waals surface area contributed by atoms with E-state index >= 15 is 0 Å². The molecule has 1 aromatic rings. The summed E-state index contributed by atoms with van der Waals surface area (Å²) < 4.78 is 12.3. The van der Waals surface area contributed by atoms with Gasteiger partial charge in [0, 0.05) is 18.0 Å². The maximum atomic E-state index is 6.23. The fourth-order valence-electron chi connectivity index (χ4n) is 3.24. The van der Waals surface area contributed by atoms with E-state index in [9.17, 15) is 0 Å². The van der Waals surface area contributed by atoms with Crippen LogP contribution >= 0.6 is 0 Å². The number of rotatable bonds is 3. The van der Waals surface area contributed by atoms with Crippen molar-refractivity contribution in [2.75, 3.05) is 7.05 Å². The molecule has 0 spiro atoms. The molecule has 1 N–H and O–H groups in total. The average molecular weight is 261 g/mol. The number of hydrogen-bond donors (Lipinski definition) is 1. The molecular formula is C16H23NO2. The highest BCUT2D eigenvalue weighted by Gasteiger charge is 2.34. The summed E-state index contributed by atoms with van der Waals surface area (Å²) in [5.74, 6) is 1.87. The minimum atomic E-state index is -0.111. The molecule has 3 heteroatoms. The summed E-state index contributed by atoms with van der Waals surface area (Å²) in [5, 5.41) is 3.35. The van der Waals surface area contributed by atoms with Crippen LogP contribution in [0.3, 0.4) is 0 Å².